The van der Waals surface area contributed by atoms with Gasteiger partial charge < -0.3 is 0 Å². The second-order valence-corrected chi connectivity index (χ2v) is 43.7. The maximum Gasteiger partial charge on any atom is 0.394 e. The first-order valence-corrected chi connectivity index (χ1v) is 48.6. The number of halogens is 19. The molecule has 5 heterocycles. The summed E-state index contributed by atoms with van der Waals surface area (Å²) in [6, 6.07) is 52.4. The van der Waals surface area contributed by atoms with Crippen LogP contribution in [0.4, 0.5) is 83.4 Å². The van der Waals surface area contributed by atoms with Crippen molar-refractivity contribution in [1.29, 1.82) is 0 Å². The van der Waals surface area contributed by atoms with Crippen LogP contribution in [0.3, 0.4) is 0 Å². The smallest absolute Gasteiger partial charge is 0.207 e. The first kappa shape index (κ1) is 114. The first-order valence-electron chi connectivity index (χ1n) is 48.6. The van der Waals surface area contributed by atoms with E-state index in [2.05, 4.69) is 74.9 Å². The third-order valence-corrected chi connectivity index (χ3v) is 29.7. The van der Waals surface area contributed by atoms with Crippen LogP contribution in [0, 0.1) is 168 Å². The van der Waals surface area contributed by atoms with E-state index in [9.17, 15) is 83.4 Å². The summed E-state index contributed by atoms with van der Waals surface area (Å²) in [6.45, 7) is 45.8. The summed E-state index contributed by atoms with van der Waals surface area (Å²) >= 11 is 0. The normalized spacial score (nSPS) is 12.6. The van der Waals surface area contributed by atoms with Crippen LogP contribution in [0.5, 0.6) is 0 Å². The zero-order valence-corrected chi connectivity index (χ0v) is 89.7. The van der Waals surface area contributed by atoms with Gasteiger partial charge in [-0.2, -0.15) is 88.7 Å². The molecule has 0 saturated heterocycles. The Hall–Kier alpha value is -12.1. The van der Waals surface area contributed by atoms with E-state index in [1.54, 1.807) is 48.5 Å². The Bertz CT molecular complexity index is 7510. The molecule has 0 atom stereocenters. The fourth-order valence-electron chi connectivity index (χ4n) is 19.5. The molecule has 146 heavy (non-hydrogen) atoms. The highest BCUT2D eigenvalue weighted by molar-refractivity contribution is 5.88. The zero-order valence-electron chi connectivity index (χ0n) is 89.7. The predicted molar refractivity (Wildman–Crippen MR) is 551 cm³/mol. The lowest BCUT2D eigenvalue weighted by Gasteiger charge is -2.30. The lowest BCUT2D eigenvalue weighted by molar-refractivity contribution is -0.633. The maximum absolute atomic E-state index is 14.7. The van der Waals surface area contributed by atoms with Crippen molar-refractivity contribution < 1.29 is 106 Å². The molecule has 0 aliphatic rings. The van der Waals surface area contributed by atoms with E-state index in [1.165, 1.54) is 86.3 Å². The van der Waals surface area contributed by atoms with Crippen molar-refractivity contribution in [1.82, 2.24) is 0 Å². The second kappa shape index (κ2) is 41.9. The average Bonchev–Trinajstić information content (AvgIpc) is 0.755. The van der Waals surface area contributed by atoms with Gasteiger partial charge in [0.2, 0.25) is 56.1 Å². The number of fused-ring (bicyclic) bond motifs is 5. The Kier molecular flexibility index (Phi) is 32.8. The zero-order chi connectivity index (χ0) is 109. The number of alkyl halides is 15. The molecule has 5 aromatic heterocycles. The summed E-state index contributed by atoms with van der Waals surface area (Å²) in [7, 11) is 9.39. The number of aromatic nitrogens is 5. The number of pyridine rings is 5. The van der Waals surface area contributed by atoms with Gasteiger partial charge in [0.25, 0.3) is 0 Å². The maximum atomic E-state index is 14.7. The number of benzene rings is 10. The molecule has 0 saturated carbocycles. The van der Waals surface area contributed by atoms with Gasteiger partial charge in [-0.05, 0) is 317 Å². The lowest BCUT2D eigenvalue weighted by Crippen LogP contribution is -2.36. The molecule has 0 unspecified atom stereocenters. The van der Waals surface area contributed by atoms with Gasteiger partial charge >= 0.3 is 30.9 Å². The highest BCUT2D eigenvalue weighted by atomic mass is 19.4. The highest BCUT2D eigenvalue weighted by Gasteiger charge is 2.52. The molecule has 0 aliphatic heterocycles. The Labute approximate surface area is 846 Å². The Balaban J connectivity index is 0.000000175. The largest absolute Gasteiger partial charge is 0.394 e. The first-order chi connectivity index (χ1) is 67.0. The van der Waals surface area contributed by atoms with Crippen molar-refractivity contribution in [3.63, 3.8) is 0 Å². The SMILES string of the molecule is Cc1cc(C)c(C)c(-c2cc(CC(C)(C)C(F)(F)F)c3c(F)cccc3[n+]2C)c1.Cc1cc(C)c(C)c(-c2cc(CC(C)(C)C(F)(F)F)c3cc(F)ccc3[n+]2C)c1.Cc1cc(C)c(C)c(-c2cc(CC(C)(C)C(F)(F)F)c3ccc(F)cc3[n+]2C)c1.Cc1cc(C)c(C)c(-c2ccc3c(C)c(F)c(C)cc3[n+]2C)c1.Cc1cc(C)c(C)c(-c2ccc3c(CC(C)(C)C(F)(F)F)cc(CC(C)(C)C(F)(F)F)cc3[n+]2C)c1. The van der Waals surface area contributed by atoms with Crippen molar-refractivity contribution in [2.75, 3.05) is 0 Å². The van der Waals surface area contributed by atoms with E-state index in [0.717, 1.165) is 175 Å². The fourth-order valence-corrected chi connectivity index (χ4v) is 19.5. The van der Waals surface area contributed by atoms with Gasteiger partial charge in [0, 0.05) is 99.3 Å². The van der Waals surface area contributed by atoms with Crippen LogP contribution in [-0.2, 0) is 67.3 Å². The van der Waals surface area contributed by atoms with E-state index in [0.29, 0.717) is 71.6 Å². The summed E-state index contributed by atoms with van der Waals surface area (Å²) in [5.41, 5.74) is 23.6. The minimum absolute atomic E-state index is 0.104. The Morgan fingerprint density at radius 2 is 0.500 bits per heavy atom. The number of aryl methyl sites for hydroxylation is 17. The predicted octanol–water partition coefficient (Wildman–Crippen LogP) is 33.1. The van der Waals surface area contributed by atoms with Crippen molar-refractivity contribution in [2.24, 2.45) is 62.3 Å². The van der Waals surface area contributed by atoms with Gasteiger partial charge in [-0.3, -0.25) is 0 Å². The van der Waals surface area contributed by atoms with E-state index in [1.807, 2.05) is 192 Å². The lowest BCUT2D eigenvalue weighted by atomic mass is 9.80. The molecular weight excluding hydrogens is 1900 g/mol. The van der Waals surface area contributed by atoms with Gasteiger partial charge in [0.05, 0.1) is 43.2 Å². The molecule has 0 bridgehead atoms. The molecule has 0 N–H and O–H groups in total. The molecule has 0 fully saturated rings. The summed E-state index contributed by atoms with van der Waals surface area (Å²) in [6.07, 6.45) is -23.4. The Morgan fingerprint density at radius 1 is 0.219 bits per heavy atom. The molecule has 0 amide bonds. The summed E-state index contributed by atoms with van der Waals surface area (Å²) in [5, 5.41) is 2.97. The molecule has 15 rings (SSSR count). The van der Waals surface area contributed by atoms with Gasteiger partial charge in [-0.25, -0.2) is 17.6 Å². The molecule has 776 valence electrons. The number of nitrogens with zero attached hydrogens (tertiary/aromatic N) is 5. The molecule has 5 nitrogen and oxygen atoms in total. The van der Waals surface area contributed by atoms with Gasteiger partial charge in [-0.15, -0.1) is 0 Å². The number of hydrogen-bond donors (Lipinski definition) is 0. The van der Waals surface area contributed by atoms with E-state index in [-0.39, 0.29) is 43.3 Å². The summed E-state index contributed by atoms with van der Waals surface area (Å²) in [4.78, 5) is 0. The van der Waals surface area contributed by atoms with Gasteiger partial charge in [-0.1, -0.05) is 140 Å². The summed E-state index contributed by atoms with van der Waals surface area (Å²) < 4.78 is 271. The molecule has 0 spiro atoms. The quantitative estimate of drug-likeness (QED) is 0.0720. The van der Waals surface area contributed by atoms with E-state index >= 15 is 0 Å². The van der Waals surface area contributed by atoms with Crippen LogP contribution in [0.1, 0.15) is 192 Å². The fraction of sp³-hybridized carbons (Fsp3) is 0.385. The van der Waals surface area contributed by atoms with Crippen molar-refractivity contribution in [2.45, 2.75) is 250 Å². The Morgan fingerprint density at radius 3 is 0.877 bits per heavy atom. The minimum atomic E-state index is -4.46. The van der Waals surface area contributed by atoms with Crippen LogP contribution in [0.2, 0.25) is 0 Å². The topological polar surface area (TPSA) is 19.4 Å². The van der Waals surface area contributed by atoms with Crippen molar-refractivity contribution in [3.8, 4) is 56.3 Å². The second-order valence-electron chi connectivity index (χ2n) is 43.7. The van der Waals surface area contributed by atoms with Gasteiger partial charge in [0.15, 0.2) is 0 Å². The molecular formula is C122H135F19N5+5. The third-order valence-electron chi connectivity index (χ3n) is 29.7. The molecule has 0 radical (unpaired) electrons. The van der Waals surface area contributed by atoms with Crippen LogP contribution in [0.25, 0.3) is 111 Å². The summed E-state index contributed by atoms with van der Waals surface area (Å²) in [5.74, 6) is -1.48. The van der Waals surface area contributed by atoms with Crippen LogP contribution >= 0.6 is 0 Å². The van der Waals surface area contributed by atoms with E-state index < -0.39 is 75.4 Å². The molecule has 15 aromatic rings. The van der Waals surface area contributed by atoms with Crippen LogP contribution in [-0.4, -0.2) is 30.9 Å². The standard InChI is InChI=1S/C29H34F6N.3C24H26F4N.C21H23FN/c1-17-11-18(2)19(3)23(12-17)24-10-9-22-21(16-27(6,7)29(33,34)35)13-20(14-25(22)36(24)8)15-26(4,5)28(30,31)32;1-14-9-15(2)16(3)19(10-14)22-11-17(13-23(4,5)24(26,27)28)20-12-18(25)7-8-21(20)29(22)6;1-14-9-15(2)16(3)20(10-14)21-11-17(13-23(4,5)24(26,27)28)19-8-7-18(25)12-22(19)29(21)6;1-14-10-15(2)16(3)18(11-14)21-12-17(13-23(4,5)24(26,27)28)22-19(25)8-7-9-20(22)29(21)6;1-12-9-13(2)15(4)18(10-12)19-8-7-17-16(5)21(22)14(3)11-20(17)23(19)6/h9-14H,15-16H2,1-8H3;3*7-12H,13H2,1-6H3;7-11H,1-6H3/q5*+1. The van der Waals surface area contributed by atoms with E-state index in [4.69, 9.17) is 0 Å². The third kappa shape index (κ3) is 23.8. The van der Waals surface area contributed by atoms with Crippen LogP contribution in [0.15, 0.2) is 176 Å². The van der Waals surface area contributed by atoms with Crippen molar-refractivity contribution >= 4 is 54.5 Å². The molecule has 0 aliphatic carbocycles. The van der Waals surface area contributed by atoms with Crippen molar-refractivity contribution in [3.05, 3.63) is 322 Å². The van der Waals surface area contributed by atoms with Crippen LogP contribution < -0.4 is 22.8 Å². The monoisotopic (exact) mass is 2030 g/mol. The molecule has 24 heteroatoms. The highest BCUT2D eigenvalue weighted by Crippen LogP contribution is 2.49. The average molecular weight is 2030 g/mol. The molecule has 10 aromatic carbocycles. The number of hydrogen-bond acceptors (Lipinski definition) is 0. The van der Waals surface area contributed by atoms with Gasteiger partial charge in [0.1, 0.15) is 58.5 Å². The number of rotatable bonds is 15. The minimum Gasteiger partial charge on any atom is -0.207 e.